The Morgan fingerprint density at radius 3 is 2.07 bits per heavy atom. The fourth-order valence-electron chi connectivity index (χ4n) is 4.50. The molecule has 1 amide bonds. The molecule has 0 aromatic carbocycles. The van der Waals surface area contributed by atoms with E-state index >= 15 is 0 Å². The summed E-state index contributed by atoms with van der Waals surface area (Å²) < 4.78 is 34.7. The topological polar surface area (TPSA) is 70.2 Å². The molecule has 1 saturated heterocycles. The standard InChI is InChI=1S/C19H35N3O4S/c1-20(17-8-4-2-5-9-17)27(24,25)22-14-12-21(13-15-22)19(23)16-26-18-10-6-3-7-11-18/h17-18H,2-16H2,1H3. The van der Waals surface area contributed by atoms with Crippen molar-refractivity contribution in [1.82, 2.24) is 13.5 Å². The van der Waals surface area contributed by atoms with Crippen molar-refractivity contribution in [1.29, 1.82) is 0 Å². The van der Waals surface area contributed by atoms with Crippen LogP contribution in [0.15, 0.2) is 0 Å². The Morgan fingerprint density at radius 1 is 0.926 bits per heavy atom. The smallest absolute Gasteiger partial charge is 0.282 e. The average Bonchev–Trinajstić information content (AvgIpc) is 2.73. The number of piperazine rings is 1. The van der Waals surface area contributed by atoms with Crippen LogP contribution in [0, 0.1) is 0 Å². The predicted octanol–water partition coefficient (Wildman–Crippen LogP) is 1.99. The third-order valence-corrected chi connectivity index (χ3v) is 8.41. The van der Waals surface area contributed by atoms with E-state index in [1.54, 1.807) is 16.3 Å². The van der Waals surface area contributed by atoms with Crippen molar-refractivity contribution < 1.29 is 17.9 Å². The molecular weight excluding hydrogens is 366 g/mol. The molecule has 2 saturated carbocycles. The van der Waals surface area contributed by atoms with E-state index in [2.05, 4.69) is 0 Å². The van der Waals surface area contributed by atoms with Gasteiger partial charge in [0.05, 0.1) is 6.10 Å². The van der Waals surface area contributed by atoms with Crippen LogP contribution in [0.1, 0.15) is 64.2 Å². The number of nitrogens with zero attached hydrogens (tertiary/aromatic N) is 3. The maximum atomic E-state index is 12.9. The molecule has 0 bridgehead atoms. The van der Waals surface area contributed by atoms with Gasteiger partial charge in [-0.25, -0.2) is 0 Å². The monoisotopic (exact) mass is 401 g/mol. The molecule has 27 heavy (non-hydrogen) atoms. The zero-order valence-corrected chi connectivity index (χ0v) is 17.5. The lowest BCUT2D eigenvalue weighted by atomic mass is 9.96. The number of carbonyl (C=O) groups is 1. The van der Waals surface area contributed by atoms with Crippen molar-refractivity contribution in [3.8, 4) is 0 Å². The Kier molecular flexibility index (Phi) is 7.53. The Morgan fingerprint density at radius 2 is 1.48 bits per heavy atom. The molecule has 0 spiro atoms. The summed E-state index contributed by atoms with van der Waals surface area (Å²) in [6, 6.07) is 0.118. The van der Waals surface area contributed by atoms with Crippen LogP contribution in [0.25, 0.3) is 0 Å². The van der Waals surface area contributed by atoms with Crippen LogP contribution >= 0.6 is 0 Å². The molecular formula is C19H35N3O4S. The highest BCUT2D eigenvalue weighted by Crippen LogP contribution is 2.25. The molecule has 3 fully saturated rings. The van der Waals surface area contributed by atoms with Crippen molar-refractivity contribution in [3.05, 3.63) is 0 Å². The molecule has 0 aromatic rings. The van der Waals surface area contributed by atoms with Crippen molar-refractivity contribution in [3.63, 3.8) is 0 Å². The molecule has 0 radical (unpaired) electrons. The van der Waals surface area contributed by atoms with Crippen LogP contribution in [0.5, 0.6) is 0 Å². The van der Waals surface area contributed by atoms with E-state index in [0.717, 1.165) is 38.5 Å². The van der Waals surface area contributed by atoms with Crippen LogP contribution in [-0.2, 0) is 19.7 Å². The van der Waals surface area contributed by atoms with Crippen molar-refractivity contribution in [2.45, 2.75) is 76.4 Å². The van der Waals surface area contributed by atoms with Crippen molar-refractivity contribution in [2.75, 3.05) is 39.8 Å². The van der Waals surface area contributed by atoms with Gasteiger partial charge in [-0.2, -0.15) is 17.0 Å². The Labute approximate surface area is 164 Å². The third-order valence-electron chi connectivity index (χ3n) is 6.37. The van der Waals surface area contributed by atoms with E-state index in [-0.39, 0.29) is 24.7 Å². The number of rotatable bonds is 6. The van der Waals surface area contributed by atoms with Crippen LogP contribution in [0.4, 0.5) is 0 Å². The summed E-state index contributed by atoms with van der Waals surface area (Å²) in [6.07, 6.45) is 11.3. The number of hydrogen-bond acceptors (Lipinski definition) is 4. The summed E-state index contributed by atoms with van der Waals surface area (Å²) in [5, 5.41) is 0. The van der Waals surface area contributed by atoms with Gasteiger partial charge in [-0.3, -0.25) is 4.79 Å². The maximum Gasteiger partial charge on any atom is 0.282 e. The van der Waals surface area contributed by atoms with Gasteiger partial charge in [-0.1, -0.05) is 38.5 Å². The molecule has 7 nitrogen and oxygen atoms in total. The molecule has 8 heteroatoms. The first-order chi connectivity index (χ1) is 13.0. The van der Waals surface area contributed by atoms with E-state index < -0.39 is 10.2 Å². The van der Waals surface area contributed by atoms with Crippen molar-refractivity contribution >= 4 is 16.1 Å². The third kappa shape index (κ3) is 5.43. The van der Waals surface area contributed by atoms with E-state index in [1.165, 1.54) is 30.0 Å². The Bertz CT molecular complexity index is 578. The molecule has 0 N–H and O–H groups in total. The van der Waals surface area contributed by atoms with Gasteiger partial charge in [0.2, 0.25) is 5.91 Å². The first kappa shape index (κ1) is 21.0. The van der Waals surface area contributed by atoms with E-state index in [4.69, 9.17) is 4.74 Å². The van der Waals surface area contributed by atoms with Gasteiger partial charge in [0.25, 0.3) is 10.2 Å². The molecule has 1 heterocycles. The Hall–Kier alpha value is -0.700. The minimum absolute atomic E-state index is 0.0155. The highest BCUT2D eigenvalue weighted by molar-refractivity contribution is 7.86. The van der Waals surface area contributed by atoms with Gasteiger partial charge in [0, 0.05) is 39.3 Å². The van der Waals surface area contributed by atoms with Crippen LogP contribution < -0.4 is 0 Å². The highest BCUT2D eigenvalue weighted by atomic mass is 32.2. The molecule has 0 atom stereocenters. The first-order valence-electron chi connectivity index (χ1n) is 10.6. The fourth-order valence-corrected chi connectivity index (χ4v) is 6.07. The minimum atomic E-state index is -3.44. The Balaban J connectivity index is 1.45. The van der Waals surface area contributed by atoms with Crippen molar-refractivity contribution in [2.24, 2.45) is 0 Å². The summed E-state index contributed by atoms with van der Waals surface area (Å²) in [6.45, 7) is 1.76. The normalized spacial score (nSPS) is 24.4. The van der Waals surface area contributed by atoms with Gasteiger partial charge in [0.1, 0.15) is 6.61 Å². The summed E-state index contributed by atoms with van der Waals surface area (Å²) >= 11 is 0. The summed E-state index contributed by atoms with van der Waals surface area (Å²) in [7, 11) is -1.73. The summed E-state index contributed by atoms with van der Waals surface area (Å²) in [5.74, 6) is -0.0155. The predicted molar refractivity (Wildman–Crippen MR) is 105 cm³/mol. The lowest BCUT2D eigenvalue weighted by Crippen LogP contribution is -2.55. The van der Waals surface area contributed by atoms with Gasteiger partial charge >= 0.3 is 0 Å². The molecule has 3 rings (SSSR count). The highest BCUT2D eigenvalue weighted by Gasteiger charge is 2.35. The fraction of sp³-hybridized carbons (Fsp3) is 0.947. The second-order valence-corrected chi connectivity index (χ2v) is 10.2. The average molecular weight is 402 g/mol. The zero-order valence-electron chi connectivity index (χ0n) is 16.6. The minimum Gasteiger partial charge on any atom is -0.368 e. The molecule has 0 aromatic heterocycles. The number of ether oxygens (including phenoxy) is 1. The molecule has 3 aliphatic rings. The summed E-state index contributed by atoms with van der Waals surface area (Å²) in [4.78, 5) is 14.1. The summed E-state index contributed by atoms with van der Waals surface area (Å²) in [5.41, 5.74) is 0. The lowest BCUT2D eigenvalue weighted by Gasteiger charge is -2.38. The largest absolute Gasteiger partial charge is 0.368 e. The number of hydrogen-bond donors (Lipinski definition) is 0. The quantitative estimate of drug-likeness (QED) is 0.682. The van der Waals surface area contributed by atoms with Gasteiger partial charge in [-0.05, 0) is 25.7 Å². The second-order valence-electron chi connectivity index (χ2n) is 8.17. The van der Waals surface area contributed by atoms with Crippen LogP contribution in [-0.4, -0.2) is 79.8 Å². The number of amides is 1. The van der Waals surface area contributed by atoms with Gasteiger partial charge < -0.3 is 9.64 Å². The van der Waals surface area contributed by atoms with E-state index in [1.807, 2.05) is 0 Å². The zero-order chi connectivity index (χ0) is 19.3. The van der Waals surface area contributed by atoms with Gasteiger partial charge in [-0.15, -0.1) is 0 Å². The maximum absolute atomic E-state index is 12.9. The second kappa shape index (κ2) is 9.67. The molecule has 0 unspecified atom stereocenters. The first-order valence-corrected chi connectivity index (χ1v) is 12.0. The van der Waals surface area contributed by atoms with Gasteiger partial charge in [0.15, 0.2) is 0 Å². The van der Waals surface area contributed by atoms with E-state index in [9.17, 15) is 13.2 Å². The molecule has 1 aliphatic heterocycles. The lowest BCUT2D eigenvalue weighted by molar-refractivity contribution is -0.140. The SMILES string of the molecule is CN(C1CCCCC1)S(=O)(=O)N1CCN(C(=O)COC2CCCCC2)CC1. The number of carbonyl (C=O) groups excluding carboxylic acids is 1. The molecule has 156 valence electrons. The van der Waals surface area contributed by atoms with E-state index in [0.29, 0.717) is 26.2 Å². The van der Waals surface area contributed by atoms with Crippen LogP contribution in [0.3, 0.4) is 0 Å². The van der Waals surface area contributed by atoms with Crippen LogP contribution in [0.2, 0.25) is 0 Å². The molecule has 2 aliphatic carbocycles.